The second-order valence-corrected chi connectivity index (χ2v) is 6.76. The minimum absolute atomic E-state index is 0.646. The third-order valence-electron chi connectivity index (χ3n) is 3.79. The van der Waals surface area contributed by atoms with E-state index in [0.717, 1.165) is 0 Å². The molecule has 0 saturated carbocycles. The number of benzene rings is 1. The third kappa shape index (κ3) is 7.96. The van der Waals surface area contributed by atoms with E-state index < -0.39 is 0 Å². The maximum absolute atomic E-state index is 3.46. The van der Waals surface area contributed by atoms with Crippen molar-refractivity contribution in [3.63, 3.8) is 0 Å². The van der Waals surface area contributed by atoms with Crippen molar-refractivity contribution in [1.82, 2.24) is 5.32 Å². The summed E-state index contributed by atoms with van der Waals surface area (Å²) in [5.41, 5.74) is 1.34. The molecule has 0 radical (unpaired) electrons. The summed E-state index contributed by atoms with van der Waals surface area (Å²) < 4.78 is 0. The fourth-order valence-corrected chi connectivity index (χ4v) is 3.37. The first-order valence-electron chi connectivity index (χ1n) is 8.13. The van der Waals surface area contributed by atoms with Gasteiger partial charge in [-0.25, -0.2) is 0 Å². The fraction of sp³-hybridized carbons (Fsp3) is 0.667. The molecule has 1 atom stereocenters. The summed E-state index contributed by atoms with van der Waals surface area (Å²) in [6, 6.07) is 9.51. The zero-order valence-electron chi connectivity index (χ0n) is 13.5. The average Bonchev–Trinajstić information content (AvgIpc) is 2.47. The van der Waals surface area contributed by atoms with Crippen LogP contribution in [0.3, 0.4) is 0 Å². The normalized spacial score (nSPS) is 12.6. The van der Waals surface area contributed by atoms with Crippen LogP contribution in [-0.2, 0) is 0 Å². The van der Waals surface area contributed by atoms with Gasteiger partial charge in [0.25, 0.3) is 0 Å². The monoisotopic (exact) mass is 293 g/mol. The Morgan fingerprint density at radius 1 is 1.00 bits per heavy atom. The Bertz CT molecular complexity index is 334. The lowest BCUT2D eigenvalue weighted by Crippen LogP contribution is -2.27. The van der Waals surface area contributed by atoms with Crippen LogP contribution in [0.25, 0.3) is 0 Å². The van der Waals surface area contributed by atoms with E-state index in [4.69, 9.17) is 0 Å². The van der Waals surface area contributed by atoms with Gasteiger partial charge in [-0.3, -0.25) is 0 Å². The van der Waals surface area contributed by atoms with Crippen LogP contribution in [-0.4, -0.2) is 18.8 Å². The Morgan fingerprint density at radius 3 is 2.30 bits per heavy atom. The van der Waals surface area contributed by atoms with Gasteiger partial charge in [0.05, 0.1) is 0 Å². The quantitative estimate of drug-likeness (QED) is 0.431. The Morgan fingerprint density at radius 2 is 1.65 bits per heavy atom. The number of rotatable bonds is 11. The molecule has 114 valence electrons. The molecule has 1 unspecified atom stereocenters. The molecule has 0 aromatic heterocycles. The minimum atomic E-state index is 0.646. The number of hydrogen-bond acceptors (Lipinski definition) is 2. The summed E-state index contributed by atoms with van der Waals surface area (Å²) in [5.74, 6) is 1.18. The molecular weight excluding hydrogens is 262 g/mol. The van der Waals surface area contributed by atoms with E-state index in [0.29, 0.717) is 6.04 Å². The van der Waals surface area contributed by atoms with Crippen LogP contribution >= 0.6 is 11.8 Å². The van der Waals surface area contributed by atoms with Crippen molar-refractivity contribution in [3.8, 4) is 0 Å². The lowest BCUT2D eigenvalue weighted by molar-refractivity contribution is 0.514. The topological polar surface area (TPSA) is 12.0 Å². The van der Waals surface area contributed by atoms with Crippen LogP contribution < -0.4 is 5.32 Å². The van der Waals surface area contributed by atoms with Gasteiger partial charge in [0.1, 0.15) is 0 Å². The van der Waals surface area contributed by atoms with Crippen LogP contribution in [0, 0.1) is 6.92 Å². The van der Waals surface area contributed by atoms with Gasteiger partial charge in [-0.2, -0.15) is 0 Å². The number of thioether (sulfide) groups is 1. The lowest BCUT2D eigenvalue weighted by Gasteiger charge is -2.15. The van der Waals surface area contributed by atoms with Crippen LogP contribution in [0.2, 0.25) is 0 Å². The average molecular weight is 294 g/mol. The number of aryl methyl sites for hydroxylation is 1. The Kier molecular flexibility index (Phi) is 9.86. The van der Waals surface area contributed by atoms with Crippen molar-refractivity contribution in [2.75, 3.05) is 12.8 Å². The van der Waals surface area contributed by atoms with Crippen molar-refractivity contribution >= 4 is 11.8 Å². The van der Waals surface area contributed by atoms with Gasteiger partial charge >= 0.3 is 0 Å². The molecule has 0 aliphatic rings. The standard InChI is InChI=1S/C18H31NS/c1-4-5-6-7-8-9-10-17(19-3)15-20-18-13-11-16(2)12-14-18/h11-14,17,19H,4-10,15H2,1-3H3. The highest BCUT2D eigenvalue weighted by molar-refractivity contribution is 7.99. The van der Waals surface area contributed by atoms with Crippen molar-refractivity contribution in [3.05, 3.63) is 29.8 Å². The largest absolute Gasteiger partial charge is 0.316 e. The fourth-order valence-electron chi connectivity index (χ4n) is 2.31. The zero-order valence-corrected chi connectivity index (χ0v) is 14.3. The van der Waals surface area contributed by atoms with Gasteiger partial charge in [-0.05, 0) is 32.5 Å². The SMILES string of the molecule is CCCCCCCCC(CSc1ccc(C)cc1)NC. The zero-order chi connectivity index (χ0) is 14.6. The van der Waals surface area contributed by atoms with Crippen LogP contribution in [0.5, 0.6) is 0 Å². The van der Waals surface area contributed by atoms with Gasteiger partial charge in [0.2, 0.25) is 0 Å². The highest BCUT2D eigenvalue weighted by Gasteiger charge is 2.06. The molecule has 0 aliphatic carbocycles. The van der Waals surface area contributed by atoms with E-state index >= 15 is 0 Å². The molecule has 1 nitrogen and oxygen atoms in total. The number of hydrogen-bond donors (Lipinski definition) is 1. The summed E-state index contributed by atoms with van der Waals surface area (Å²) >= 11 is 1.97. The van der Waals surface area contributed by atoms with Crippen molar-refractivity contribution in [1.29, 1.82) is 0 Å². The van der Waals surface area contributed by atoms with Crippen molar-refractivity contribution in [2.24, 2.45) is 0 Å². The molecule has 0 heterocycles. The van der Waals surface area contributed by atoms with Crippen LogP contribution in [0.4, 0.5) is 0 Å². The van der Waals surface area contributed by atoms with E-state index in [1.807, 2.05) is 11.8 Å². The molecule has 0 fully saturated rings. The summed E-state index contributed by atoms with van der Waals surface area (Å²) in [7, 11) is 2.09. The van der Waals surface area contributed by atoms with Gasteiger partial charge < -0.3 is 5.32 Å². The first-order valence-corrected chi connectivity index (χ1v) is 9.11. The molecule has 2 heteroatoms. The van der Waals surface area contributed by atoms with E-state index in [1.165, 1.54) is 61.2 Å². The maximum Gasteiger partial charge on any atom is 0.0158 e. The predicted molar refractivity (Wildman–Crippen MR) is 92.7 cm³/mol. The highest BCUT2D eigenvalue weighted by Crippen LogP contribution is 2.20. The number of unbranched alkanes of at least 4 members (excludes halogenated alkanes) is 5. The second kappa shape index (κ2) is 11.2. The molecule has 1 N–H and O–H groups in total. The van der Waals surface area contributed by atoms with E-state index in [2.05, 4.69) is 50.5 Å². The van der Waals surface area contributed by atoms with Gasteiger partial charge in [-0.1, -0.05) is 63.1 Å². The van der Waals surface area contributed by atoms with Crippen molar-refractivity contribution in [2.45, 2.75) is 69.7 Å². The molecule has 0 bridgehead atoms. The molecule has 0 amide bonds. The van der Waals surface area contributed by atoms with Gasteiger partial charge in [-0.15, -0.1) is 11.8 Å². The smallest absolute Gasteiger partial charge is 0.0158 e. The van der Waals surface area contributed by atoms with Crippen LogP contribution in [0.1, 0.15) is 57.4 Å². The molecule has 1 rings (SSSR count). The van der Waals surface area contributed by atoms with Crippen molar-refractivity contribution < 1.29 is 0 Å². The highest BCUT2D eigenvalue weighted by atomic mass is 32.2. The lowest BCUT2D eigenvalue weighted by atomic mass is 10.1. The second-order valence-electron chi connectivity index (χ2n) is 5.67. The Hall–Kier alpha value is -0.470. The Labute approximate surface area is 129 Å². The third-order valence-corrected chi connectivity index (χ3v) is 4.96. The van der Waals surface area contributed by atoms with E-state index in [1.54, 1.807) is 0 Å². The summed E-state index contributed by atoms with van der Waals surface area (Å²) in [6.45, 7) is 4.42. The predicted octanol–water partition coefficient (Wildman–Crippen LogP) is 5.43. The summed E-state index contributed by atoms with van der Waals surface area (Å²) in [4.78, 5) is 1.39. The Balaban J connectivity index is 2.14. The summed E-state index contributed by atoms with van der Waals surface area (Å²) in [6.07, 6.45) is 9.64. The van der Waals surface area contributed by atoms with E-state index in [9.17, 15) is 0 Å². The van der Waals surface area contributed by atoms with Gasteiger partial charge in [0, 0.05) is 16.7 Å². The van der Waals surface area contributed by atoms with Gasteiger partial charge in [0.15, 0.2) is 0 Å². The molecule has 20 heavy (non-hydrogen) atoms. The maximum atomic E-state index is 3.46. The van der Waals surface area contributed by atoms with Crippen LogP contribution in [0.15, 0.2) is 29.2 Å². The molecule has 1 aromatic rings. The minimum Gasteiger partial charge on any atom is -0.316 e. The molecule has 0 spiro atoms. The molecule has 0 aliphatic heterocycles. The molecule has 0 saturated heterocycles. The van der Waals surface area contributed by atoms with E-state index in [-0.39, 0.29) is 0 Å². The first-order chi connectivity index (χ1) is 9.76. The number of nitrogens with one attached hydrogen (secondary N) is 1. The summed E-state index contributed by atoms with van der Waals surface area (Å²) in [5, 5.41) is 3.46. The first kappa shape index (κ1) is 17.6. The molecule has 1 aromatic carbocycles. The molecular formula is C18H31NS.